The quantitative estimate of drug-likeness (QED) is 0.405. The highest BCUT2D eigenvalue weighted by molar-refractivity contribution is 6.40. The molecule has 1 aliphatic heterocycles. The maximum atomic E-state index is 6.36. The molecule has 1 rings (SSSR count). The molecule has 1 aliphatic rings. The zero-order valence-corrected chi connectivity index (χ0v) is 15.2. The summed E-state index contributed by atoms with van der Waals surface area (Å²) in [4.78, 5) is 2.41. The first-order valence-electron chi connectivity index (χ1n) is 9.45. The van der Waals surface area contributed by atoms with Crippen molar-refractivity contribution in [1.29, 1.82) is 0 Å². The van der Waals surface area contributed by atoms with Crippen LogP contribution in [0.25, 0.3) is 0 Å². The molecular formula is C18H34B3N. The smallest absolute Gasteiger partial charge is 0.0910 e. The van der Waals surface area contributed by atoms with Crippen LogP contribution in [0.1, 0.15) is 91.4 Å². The maximum absolute atomic E-state index is 6.36. The molecule has 4 heteroatoms. The Kier molecular flexibility index (Phi) is 8.68. The monoisotopic (exact) mass is 297 g/mol. The van der Waals surface area contributed by atoms with Gasteiger partial charge in [-0.3, -0.25) is 0 Å². The van der Waals surface area contributed by atoms with E-state index in [9.17, 15) is 0 Å². The van der Waals surface area contributed by atoms with Gasteiger partial charge in [-0.05, 0) is 32.3 Å². The molecule has 0 N–H and O–H groups in total. The van der Waals surface area contributed by atoms with E-state index in [-0.39, 0.29) is 11.5 Å². The van der Waals surface area contributed by atoms with Crippen molar-refractivity contribution in [3.63, 3.8) is 0 Å². The van der Waals surface area contributed by atoms with Crippen LogP contribution in [0.3, 0.4) is 0 Å². The molecule has 2 atom stereocenters. The van der Waals surface area contributed by atoms with Crippen LogP contribution in [0, 0.1) is 0 Å². The molecule has 0 bridgehead atoms. The number of hydrogen-bond acceptors (Lipinski definition) is 1. The molecule has 0 saturated carbocycles. The van der Waals surface area contributed by atoms with Gasteiger partial charge in [0.15, 0.2) is 0 Å². The summed E-state index contributed by atoms with van der Waals surface area (Å²) in [5, 5.41) is -0.617. The summed E-state index contributed by atoms with van der Waals surface area (Å²) in [6.45, 7) is 7.63. The van der Waals surface area contributed by atoms with Crippen LogP contribution < -0.4 is 0 Å². The first-order valence-corrected chi connectivity index (χ1v) is 9.45. The zero-order chi connectivity index (χ0) is 16.6. The van der Waals surface area contributed by atoms with Crippen molar-refractivity contribution in [3.8, 4) is 0 Å². The molecule has 0 aromatic heterocycles. The van der Waals surface area contributed by atoms with Crippen LogP contribution in [-0.4, -0.2) is 46.5 Å². The van der Waals surface area contributed by atoms with Gasteiger partial charge in [-0.2, -0.15) is 0 Å². The Hall–Kier alpha value is 0.155. The molecule has 0 aromatic rings. The van der Waals surface area contributed by atoms with Crippen molar-refractivity contribution in [3.05, 3.63) is 0 Å². The predicted molar refractivity (Wildman–Crippen MR) is 101 cm³/mol. The number of nitrogens with zero attached hydrogens (tertiary/aromatic N) is 1. The third-order valence-electron chi connectivity index (χ3n) is 5.29. The highest BCUT2D eigenvalue weighted by Gasteiger charge is 2.42. The van der Waals surface area contributed by atoms with Gasteiger partial charge in [0, 0.05) is 5.54 Å². The van der Waals surface area contributed by atoms with Gasteiger partial charge >= 0.3 is 0 Å². The highest BCUT2D eigenvalue weighted by Crippen LogP contribution is 2.41. The lowest BCUT2D eigenvalue weighted by molar-refractivity contribution is 0.0931. The number of unbranched alkanes of at least 4 members (excludes halogenated alkanes) is 6. The van der Waals surface area contributed by atoms with E-state index in [0.29, 0.717) is 6.42 Å². The van der Waals surface area contributed by atoms with Crippen LogP contribution >= 0.6 is 0 Å². The fraction of sp³-hybridized carbons (Fsp3) is 1.00. The van der Waals surface area contributed by atoms with Crippen LogP contribution in [0.4, 0.5) is 0 Å². The fourth-order valence-corrected chi connectivity index (χ4v) is 3.87. The average Bonchev–Trinajstić information content (AvgIpc) is 2.73. The molecule has 6 radical (unpaired) electrons. The van der Waals surface area contributed by atoms with Gasteiger partial charge in [-0.1, -0.05) is 76.8 Å². The van der Waals surface area contributed by atoms with Crippen LogP contribution in [0.2, 0.25) is 5.21 Å². The second-order valence-electron chi connectivity index (χ2n) is 7.75. The van der Waals surface area contributed by atoms with Gasteiger partial charge in [-0.25, -0.2) is 0 Å². The molecule has 0 aliphatic carbocycles. The largest absolute Gasteiger partial charge is 0.305 e. The molecule has 120 valence electrons. The maximum Gasteiger partial charge on any atom is 0.0910 e. The Morgan fingerprint density at radius 3 is 1.95 bits per heavy atom. The minimum absolute atomic E-state index is 0.0114. The summed E-state index contributed by atoms with van der Waals surface area (Å²) in [6.07, 6.45) is 13.6. The van der Waals surface area contributed by atoms with E-state index in [0.717, 1.165) is 6.54 Å². The summed E-state index contributed by atoms with van der Waals surface area (Å²) in [5.74, 6) is 0.0114. The van der Waals surface area contributed by atoms with Gasteiger partial charge in [0.25, 0.3) is 0 Å². The molecule has 0 spiro atoms. The van der Waals surface area contributed by atoms with E-state index >= 15 is 0 Å². The minimum atomic E-state index is -0.617. The van der Waals surface area contributed by atoms with Crippen molar-refractivity contribution >= 4 is 23.5 Å². The molecule has 22 heavy (non-hydrogen) atoms. The Morgan fingerprint density at radius 1 is 0.955 bits per heavy atom. The summed E-state index contributed by atoms with van der Waals surface area (Å²) < 4.78 is 0. The lowest BCUT2D eigenvalue weighted by atomic mass is 9.53. The Morgan fingerprint density at radius 2 is 1.45 bits per heavy atom. The SMILES string of the molecule is [B]C1CC([B])([B])CN1C(C)(CCCCC)CCCCCCC. The lowest BCUT2D eigenvalue weighted by Gasteiger charge is -2.43. The topological polar surface area (TPSA) is 3.24 Å². The van der Waals surface area contributed by atoms with E-state index in [2.05, 4.69) is 25.7 Å². The van der Waals surface area contributed by atoms with Crippen molar-refractivity contribution in [2.45, 2.75) is 108 Å². The summed E-state index contributed by atoms with van der Waals surface area (Å²) in [7, 11) is 18.7. The zero-order valence-electron chi connectivity index (χ0n) is 15.2. The van der Waals surface area contributed by atoms with Gasteiger partial charge in [0.2, 0.25) is 0 Å². The Labute approximate surface area is 143 Å². The standard InChI is InChI=1S/C18H34B3N/c1-4-6-8-9-11-13-17(3,12-10-7-5-2)22-15-18(20,21)14-16(22)19/h16H,4-15H2,1-3H3. The van der Waals surface area contributed by atoms with Crippen LogP contribution in [0.5, 0.6) is 0 Å². The molecule has 1 saturated heterocycles. The van der Waals surface area contributed by atoms with E-state index in [4.69, 9.17) is 23.5 Å². The van der Waals surface area contributed by atoms with Crippen molar-refractivity contribution in [1.82, 2.24) is 4.90 Å². The van der Waals surface area contributed by atoms with E-state index in [1.54, 1.807) is 0 Å². The molecule has 1 heterocycles. The number of hydrogen-bond donors (Lipinski definition) is 0. The molecular weight excluding hydrogens is 263 g/mol. The Bertz CT molecular complexity index is 309. The lowest BCUT2D eigenvalue weighted by Crippen LogP contribution is -2.49. The summed E-state index contributed by atoms with van der Waals surface area (Å²) in [6, 6.07) is 0. The fourth-order valence-electron chi connectivity index (χ4n) is 3.87. The number of rotatable bonds is 11. The van der Waals surface area contributed by atoms with Gasteiger partial charge < -0.3 is 4.90 Å². The molecule has 0 aromatic carbocycles. The Balaban J connectivity index is 2.61. The van der Waals surface area contributed by atoms with Gasteiger partial charge in [0.05, 0.1) is 23.5 Å². The summed E-state index contributed by atoms with van der Waals surface area (Å²) in [5.41, 5.74) is 0.154. The van der Waals surface area contributed by atoms with Gasteiger partial charge in [-0.15, -0.1) is 0 Å². The first kappa shape index (κ1) is 20.2. The minimum Gasteiger partial charge on any atom is -0.305 e. The predicted octanol–water partition coefficient (Wildman–Crippen LogP) is 4.34. The first-order chi connectivity index (χ1) is 10.3. The van der Waals surface area contributed by atoms with E-state index in [1.165, 1.54) is 64.2 Å². The molecule has 1 fully saturated rings. The number of likely N-dealkylation sites (tertiary alicyclic amines) is 1. The third-order valence-corrected chi connectivity index (χ3v) is 5.29. The van der Waals surface area contributed by atoms with Gasteiger partial charge in [0.1, 0.15) is 0 Å². The van der Waals surface area contributed by atoms with E-state index in [1.807, 2.05) is 0 Å². The van der Waals surface area contributed by atoms with E-state index < -0.39 is 5.21 Å². The van der Waals surface area contributed by atoms with Crippen molar-refractivity contribution < 1.29 is 0 Å². The second kappa shape index (κ2) is 9.45. The molecule has 2 unspecified atom stereocenters. The summed E-state index contributed by atoms with van der Waals surface area (Å²) >= 11 is 0. The average molecular weight is 297 g/mol. The molecule has 1 nitrogen and oxygen atoms in total. The normalized spacial score (nSPS) is 24.4. The van der Waals surface area contributed by atoms with Crippen molar-refractivity contribution in [2.24, 2.45) is 0 Å². The third kappa shape index (κ3) is 6.34. The second-order valence-corrected chi connectivity index (χ2v) is 7.75. The highest BCUT2D eigenvalue weighted by atomic mass is 15.2. The van der Waals surface area contributed by atoms with Crippen LogP contribution in [-0.2, 0) is 0 Å². The van der Waals surface area contributed by atoms with Crippen molar-refractivity contribution in [2.75, 3.05) is 6.54 Å². The van der Waals surface area contributed by atoms with Crippen LogP contribution in [0.15, 0.2) is 0 Å². The molecule has 0 amide bonds.